The normalized spacial score (nSPS) is 27.5. The molecule has 6 aliphatic rings. The van der Waals surface area contributed by atoms with Crippen LogP contribution >= 0.6 is 0 Å². The van der Waals surface area contributed by atoms with Crippen molar-refractivity contribution in [3.05, 3.63) is 72.1 Å². The summed E-state index contributed by atoms with van der Waals surface area (Å²) < 4.78 is 51.8. The third-order valence-corrected chi connectivity index (χ3v) is 16.0. The Balaban J connectivity index is 0.829. The first-order chi connectivity index (χ1) is 27.0. The number of piperidine rings is 1. The van der Waals surface area contributed by atoms with Crippen LogP contribution in [-0.2, 0) is 29.5 Å². The Morgan fingerprint density at radius 1 is 1.04 bits per heavy atom. The van der Waals surface area contributed by atoms with Gasteiger partial charge in [-0.2, -0.15) is 5.26 Å². The first-order valence-electron chi connectivity index (χ1n) is 20.1. The predicted molar refractivity (Wildman–Crippen MR) is 208 cm³/mol. The van der Waals surface area contributed by atoms with E-state index in [-0.39, 0.29) is 35.6 Å². The van der Waals surface area contributed by atoms with Crippen LogP contribution in [0, 0.1) is 34.4 Å². The maximum atomic E-state index is 14.8. The van der Waals surface area contributed by atoms with E-state index in [0.717, 1.165) is 89.2 Å². The quantitative estimate of drug-likeness (QED) is 0.315. The Kier molecular flexibility index (Phi) is 10.7. The van der Waals surface area contributed by atoms with Crippen molar-refractivity contribution in [2.45, 2.75) is 59.6 Å². The van der Waals surface area contributed by atoms with Crippen LogP contribution in [0.5, 0.6) is 0 Å². The molecule has 0 radical (unpaired) electrons. The van der Waals surface area contributed by atoms with Gasteiger partial charge in [0, 0.05) is 75.5 Å². The van der Waals surface area contributed by atoms with Crippen LogP contribution in [0.2, 0.25) is 0 Å². The number of morpholine rings is 1. The van der Waals surface area contributed by atoms with Crippen LogP contribution in [-0.4, -0.2) is 132 Å². The standard InChI is InChI=1S/C42H53FN6O6S/c1-54-39(51)45-41-15-4-14-40(41,29-41)42(30-44,33-5-2-6-34(43)23-33)32-12-17-47(18-13-32)24-31-25-48(26-31)35-8-10-36(11-9-35)56(52,53)37-27-49(28-37)38(50)7-3-16-46-19-21-55-22-20-46/h2-3,5-11,23,31-32,37H,4,12-22,24-29H2,1H3,(H,45,51)/b7-3+/t40-,41+,42+/m1/s1. The van der Waals surface area contributed by atoms with Crippen LogP contribution in [0.1, 0.15) is 44.1 Å². The predicted octanol–water partition coefficient (Wildman–Crippen LogP) is 3.98. The zero-order chi connectivity index (χ0) is 39.1. The van der Waals surface area contributed by atoms with E-state index in [2.05, 4.69) is 26.1 Å². The van der Waals surface area contributed by atoms with Crippen molar-refractivity contribution in [2.75, 3.05) is 90.7 Å². The number of fused-ring (bicyclic) bond motifs is 1. The number of nitrogens with one attached hydrogen (secondary N) is 1. The summed E-state index contributed by atoms with van der Waals surface area (Å²) in [6.45, 7) is 8.53. The zero-order valence-electron chi connectivity index (χ0n) is 32.2. The summed E-state index contributed by atoms with van der Waals surface area (Å²) in [4.78, 5) is 33.9. The van der Waals surface area contributed by atoms with Gasteiger partial charge in [0.25, 0.3) is 0 Å². The molecule has 56 heavy (non-hydrogen) atoms. The molecule has 12 nitrogen and oxygen atoms in total. The maximum absolute atomic E-state index is 14.8. The second-order valence-corrected chi connectivity index (χ2v) is 19.0. The number of amides is 2. The highest BCUT2D eigenvalue weighted by Gasteiger charge is 2.80. The van der Waals surface area contributed by atoms with E-state index < -0.39 is 37.5 Å². The Hall–Kier alpha value is -4.03. The number of hydrogen-bond donors (Lipinski definition) is 1. The molecular formula is C42H53FN6O6S. The van der Waals surface area contributed by atoms with Gasteiger partial charge < -0.3 is 29.5 Å². The van der Waals surface area contributed by atoms with Gasteiger partial charge in [0.1, 0.15) is 11.1 Å². The molecule has 14 heteroatoms. The molecule has 1 N–H and O–H groups in total. The van der Waals surface area contributed by atoms with E-state index in [1.807, 2.05) is 24.3 Å². The Morgan fingerprint density at radius 3 is 2.45 bits per heavy atom. The Labute approximate surface area is 329 Å². The molecule has 2 amide bonds. The van der Waals surface area contributed by atoms with Crippen molar-refractivity contribution in [2.24, 2.45) is 17.3 Å². The fraction of sp³-hybridized carbons (Fsp3) is 0.595. The summed E-state index contributed by atoms with van der Waals surface area (Å²) in [7, 11) is -2.19. The topological polar surface area (TPSA) is 136 Å². The molecule has 2 aliphatic carbocycles. The lowest BCUT2D eigenvalue weighted by Gasteiger charge is -2.48. The summed E-state index contributed by atoms with van der Waals surface area (Å²) in [5.41, 5.74) is -0.202. The highest BCUT2D eigenvalue weighted by atomic mass is 32.2. The van der Waals surface area contributed by atoms with Crippen molar-refractivity contribution in [1.82, 2.24) is 20.0 Å². The number of sulfone groups is 1. The van der Waals surface area contributed by atoms with Gasteiger partial charge in [-0.3, -0.25) is 9.69 Å². The molecule has 3 atom stereocenters. The summed E-state index contributed by atoms with van der Waals surface area (Å²) in [5, 5.41) is 13.7. The number of nitriles is 1. The molecule has 0 spiro atoms. The number of nitrogens with zero attached hydrogens (tertiary/aromatic N) is 5. The SMILES string of the molecule is COC(=O)N[C@]12CCC[C@@]1([C@](C#N)(c1cccc(F)c1)C1CCN(CC3CN(c4ccc(S(=O)(=O)C5CN(C(=O)/C=C/CN6CCOCC6)C5)cc4)C3)CC1)C2. The molecule has 2 aromatic rings. The summed E-state index contributed by atoms with van der Waals surface area (Å²) in [5.74, 6) is -0.0226. The van der Waals surface area contributed by atoms with Crippen molar-refractivity contribution in [1.29, 1.82) is 5.26 Å². The molecule has 0 unspecified atom stereocenters. The summed E-state index contributed by atoms with van der Waals surface area (Å²) in [6.07, 6.45) is 7.71. The minimum absolute atomic E-state index is 0.0172. The van der Waals surface area contributed by atoms with E-state index in [1.165, 1.54) is 19.2 Å². The first kappa shape index (κ1) is 38.8. The van der Waals surface area contributed by atoms with Crippen LogP contribution < -0.4 is 10.2 Å². The number of halogens is 1. The number of ether oxygens (including phenoxy) is 2. The molecule has 6 fully saturated rings. The molecular weight excluding hydrogens is 736 g/mol. The van der Waals surface area contributed by atoms with E-state index in [0.29, 0.717) is 32.1 Å². The molecule has 4 saturated heterocycles. The summed E-state index contributed by atoms with van der Waals surface area (Å²) >= 11 is 0. The zero-order valence-corrected chi connectivity index (χ0v) is 33.0. The van der Waals surface area contributed by atoms with E-state index >= 15 is 0 Å². The molecule has 0 aromatic heterocycles. The average Bonchev–Trinajstić information content (AvgIpc) is 3.65. The van der Waals surface area contributed by atoms with Crippen molar-refractivity contribution in [3.63, 3.8) is 0 Å². The second-order valence-electron chi connectivity index (χ2n) is 16.8. The number of carbonyl (C=O) groups excluding carboxylic acids is 2. The number of likely N-dealkylation sites (tertiary alicyclic amines) is 2. The van der Waals surface area contributed by atoms with Crippen LogP contribution in [0.15, 0.2) is 65.6 Å². The van der Waals surface area contributed by atoms with Gasteiger partial charge in [-0.1, -0.05) is 24.6 Å². The number of carbonyl (C=O) groups is 2. The number of methoxy groups -OCH3 is 1. The molecule has 8 rings (SSSR count). The Morgan fingerprint density at radius 2 is 1.77 bits per heavy atom. The lowest BCUT2D eigenvalue weighted by atomic mass is 9.57. The Bertz CT molecular complexity index is 1970. The molecule has 0 bridgehead atoms. The van der Waals surface area contributed by atoms with Crippen molar-refractivity contribution >= 4 is 27.5 Å². The van der Waals surface area contributed by atoms with Crippen molar-refractivity contribution < 1.29 is 31.9 Å². The number of anilines is 1. The van der Waals surface area contributed by atoms with Crippen LogP contribution in [0.4, 0.5) is 14.9 Å². The van der Waals surface area contributed by atoms with Gasteiger partial charge in [0.2, 0.25) is 5.91 Å². The fourth-order valence-corrected chi connectivity index (χ4v) is 12.4. The third kappa shape index (κ3) is 6.88. The number of benzene rings is 2. The fourth-order valence-electron chi connectivity index (χ4n) is 10.8. The summed E-state index contributed by atoms with van der Waals surface area (Å²) in [6, 6.07) is 16.5. The van der Waals surface area contributed by atoms with E-state index in [1.54, 1.807) is 29.2 Å². The van der Waals surface area contributed by atoms with Crippen molar-refractivity contribution in [3.8, 4) is 6.07 Å². The molecule has 2 aromatic carbocycles. The smallest absolute Gasteiger partial charge is 0.407 e. The minimum atomic E-state index is -3.55. The highest BCUT2D eigenvalue weighted by Crippen LogP contribution is 2.76. The maximum Gasteiger partial charge on any atom is 0.407 e. The van der Waals surface area contributed by atoms with E-state index in [4.69, 9.17) is 9.47 Å². The van der Waals surface area contributed by atoms with Gasteiger partial charge >= 0.3 is 6.09 Å². The van der Waals surface area contributed by atoms with Gasteiger partial charge in [-0.05, 0) is 93.1 Å². The van der Waals surface area contributed by atoms with Gasteiger partial charge in [-0.25, -0.2) is 17.6 Å². The lowest BCUT2D eigenvalue weighted by Crippen LogP contribution is -2.56. The average molecular weight is 789 g/mol. The third-order valence-electron chi connectivity index (χ3n) is 13.9. The van der Waals surface area contributed by atoms with E-state index in [9.17, 15) is 27.7 Å². The number of alkyl carbamates (subject to hydrolysis) is 1. The molecule has 300 valence electrons. The monoisotopic (exact) mass is 788 g/mol. The molecule has 4 heterocycles. The molecule has 2 saturated carbocycles. The van der Waals surface area contributed by atoms with Crippen LogP contribution in [0.3, 0.4) is 0 Å². The molecule has 4 aliphatic heterocycles. The first-order valence-corrected chi connectivity index (χ1v) is 21.7. The number of rotatable bonds is 12. The number of hydrogen-bond acceptors (Lipinski definition) is 10. The van der Waals surface area contributed by atoms with Gasteiger partial charge in [0.15, 0.2) is 9.84 Å². The minimum Gasteiger partial charge on any atom is -0.453 e. The second kappa shape index (κ2) is 15.4. The van der Waals surface area contributed by atoms with Gasteiger partial charge in [0.05, 0.1) is 42.2 Å². The highest BCUT2D eigenvalue weighted by molar-refractivity contribution is 7.92. The van der Waals surface area contributed by atoms with Crippen LogP contribution in [0.25, 0.3) is 0 Å². The van der Waals surface area contributed by atoms with Gasteiger partial charge in [-0.15, -0.1) is 0 Å². The lowest BCUT2D eigenvalue weighted by molar-refractivity contribution is -0.129. The largest absolute Gasteiger partial charge is 0.453 e.